The summed E-state index contributed by atoms with van der Waals surface area (Å²) in [7, 11) is -0.249. The number of hydrogen-bond acceptors (Lipinski definition) is 8. The van der Waals surface area contributed by atoms with Crippen LogP contribution in [0, 0.1) is 0 Å². The van der Waals surface area contributed by atoms with Gasteiger partial charge < -0.3 is 9.64 Å². The Bertz CT molecular complexity index is 1200. The van der Waals surface area contributed by atoms with Gasteiger partial charge in [-0.15, -0.1) is 11.3 Å². The van der Waals surface area contributed by atoms with Crippen molar-refractivity contribution in [2.24, 2.45) is 7.05 Å². The summed E-state index contributed by atoms with van der Waals surface area (Å²) < 4.78 is 33.9. The number of rotatable bonds is 6. The highest BCUT2D eigenvalue weighted by atomic mass is 32.2. The lowest BCUT2D eigenvalue weighted by Crippen LogP contribution is -2.49. The smallest absolute Gasteiger partial charge is 0.282 e. The fourth-order valence-corrected chi connectivity index (χ4v) is 6.88. The molecule has 1 saturated heterocycles. The summed E-state index contributed by atoms with van der Waals surface area (Å²) in [4.78, 5) is 16.4. The molecular formula is C20H22N4O4S3. The Balaban J connectivity index is 1.56. The number of ether oxygens (including phenoxy) is 1. The van der Waals surface area contributed by atoms with Crippen LogP contribution in [-0.2, 0) is 17.1 Å². The standard InChI is InChI=1S/C20H22N4O4S3/c1-22-20(25)19(30-16-7-5-15(28-2)6-8-16)17(14-21-22)23-9-11-24(12-10-23)31(26,27)18-4-3-13-29-18/h3-8,13-14H,9-12H2,1-2H3. The van der Waals surface area contributed by atoms with Gasteiger partial charge >= 0.3 is 0 Å². The average Bonchev–Trinajstić information content (AvgIpc) is 3.34. The first-order valence-electron chi connectivity index (χ1n) is 9.57. The second-order valence-corrected chi connectivity index (χ2v) is 11.1. The average molecular weight is 479 g/mol. The van der Waals surface area contributed by atoms with Crippen molar-refractivity contribution < 1.29 is 13.2 Å². The lowest BCUT2D eigenvalue weighted by Gasteiger charge is -2.35. The van der Waals surface area contributed by atoms with Gasteiger partial charge in [-0.2, -0.15) is 9.40 Å². The molecule has 0 atom stereocenters. The van der Waals surface area contributed by atoms with Gasteiger partial charge in [0.1, 0.15) is 14.9 Å². The number of thiophene rings is 1. The molecule has 1 aliphatic heterocycles. The van der Waals surface area contributed by atoms with Crippen LogP contribution in [0.15, 0.2) is 66.8 Å². The second kappa shape index (κ2) is 9.03. The summed E-state index contributed by atoms with van der Waals surface area (Å²) >= 11 is 2.59. The number of nitrogens with zero attached hydrogens (tertiary/aromatic N) is 4. The van der Waals surface area contributed by atoms with Gasteiger partial charge in [0.25, 0.3) is 15.6 Å². The molecule has 0 amide bonds. The molecule has 0 radical (unpaired) electrons. The number of hydrogen-bond donors (Lipinski definition) is 0. The molecule has 0 spiro atoms. The molecule has 4 rings (SSSR count). The molecule has 1 fully saturated rings. The van der Waals surface area contributed by atoms with Gasteiger partial charge in [0.05, 0.1) is 19.0 Å². The lowest BCUT2D eigenvalue weighted by atomic mass is 10.3. The van der Waals surface area contributed by atoms with E-state index in [9.17, 15) is 13.2 Å². The molecule has 164 valence electrons. The molecule has 2 aromatic heterocycles. The van der Waals surface area contributed by atoms with Crippen LogP contribution in [0.2, 0.25) is 0 Å². The van der Waals surface area contributed by atoms with E-state index >= 15 is 0 Å². The zero-order valence-corrected chi connectivity index (χ0v) is 19.5. The molecule has 0 unspecified atom stereocenters. The summed E-state index contributed by atoms with van der Waals surface area (Å²) in [5.41, 5.74) is 0.532. The molecule has 0 aliphatic carbocycles. The van der Waals surface area contributed by atoms with Crippen molar-refractivity contribution in [3.05, 3.63) is 58.3 Å². The molecule has 1 aromatic carbocycles. The quantitative estimate of drug-likeness (QED) is 0.538. The zero-order chi connectivity index (χ0) is 22.0. The van der Waals surface area contributed by atoms with Gasteiger partial charge in [-0.25, -0.2) is 13.1 Å². The van der Waals surface area contributed by atoms with Crippen molar-refractivity contribution in [3.63, 3.8) is 0 Å². The van der Waals surface area contributed by atoms with E-state index in [1.54, 1.807) is 37.9 Å². The molecular weight excluding hydrogens is 456 g/mol. The van der Waals surface area contributed by atoms with E-state index in [-0.39, 0.29) is 5.56 Å². The Morgan fingerprint density at radius 3 is 2.42 bits per heavy atom. The van der Waals surface area contributed by atoms with Gasteiger partial charge in [-0.05, 0) is 35.7 Å². The van der Waals surface area contributed by atoms with E-state index in [0.717, 1.165) is 16.3 Å². The summed E-state index contributed by atoms with van der Waals surface area (Å²) in [6.07, 6.45) is 1.68. The van der Waals surface area contributed by atoms with Crippen LogP contribution in [0.3, 0.4) is 0 Å². The number of aryl methyl sites for hydroxylation is 1. The minimum Gasteiger partial charge on any atom is -0.497 e. The Hall–Kier alpha value is -2.34. The van der Waals surface area contributed by atoms with Crippen LogP contribution < -0.4 is 15.2 Å². The van der Waals surface area contributed by atoms with Gasteiger partial charge in [0.15, 0.2) is 0 Å². The minimum absolute atomic E-state index is 0.188. The van der Waals surface area contributed by atoms with Gasteiger partial charge in [0, 0.05) is 38.1 Å². The third-order valence-corrected chi connectivity index (χ3v) is 9.39. The first kappa shape index (κ1) is 21.9. The number of methoxy groups -OCH3 is 1. The highest BCUT2D eigenvalue weighted by Crippen LogP contribution is 2.34. The molecule has 3 heterocycles. The molecule has 11 heteroatoms. The van der Waals surface area contributed by atoms with Gasteiger partial charge in [0.2, 0.25) is 0 Å². The number of benzene rings is 1. The van der Waals surface area contributed by atoms with Crippen LogP contribution in [0.25, 0.3) is 0 Å². The summed E-state index contributed by atoms with van der Waals surface area (Å²) in [6.45, 7) is 1.66. The Labute approximate surface area is 189 Å². The molecule has 8 nitrogen and oxygen atoms in total. The third kappa shape index (κ3) is 4.49. The van der Waals surface area contributed by atoms with Crippen LogP contribution in [0.4, 0.5) is 5.69 Å². The van der Waals surface area contributed by atoms with E-state index in [0.29, 0.717) is 35.3 Å². The molecule has 0 N–H and O–H groups in total. The van der Waals surface area contributed by atoms with Crippen LogP contribution in [0.5, 0.6) is 5.75 Å². The Morgan fingerprint density at radius 1 is 1.10 bits per heavy atom. The predicted octanol–water partition coefficient (Wildman–Crippen LogP) is 2.51. The molecule has 0 bridgehead atoms. The lowest BCUT2D eigenvalue weighted by molar-refractivity contribution is 0.384. The number of piperazine rings is 1. The van der Waals surface area contributed by atoms with Crippen LogP contribution in [0.1, 0.15) is 0 Å². The van der Waals surface area contributed by atoms with Crippen molar-refractivity contribution >= 4 is 38.8 Å². The van der Waals surface area contributed by atoms with Gasteiger partial charge in [-0.3, -0.25) is 4.79 Å². The van der Waals surface area contributed by atoms with E-state index in [4.69, 9.17) is 4.74 Å². The predicted molar refractivity (Wildman–Crippen MR) is 122 cm³/mol. The van der Waals surface area contributed by atoms with Gasteiger partial charge in [-0.1, -0.05) is 17.8 Å². The highest BCUT2D eigenvalue weighted by Gasteiger charge is 2.30. The van der Waals surface area contributed by atoms with E-state index < -0.39 is 10.0 Å². The summed E-state index contributed by atoms with van der Waals surface area (Å²) in [5, 5.41) is 5.95. The van der Waals surface area contributed by atoms with Crippen molar-refractivity contribution in [3.8, 4) is 5.75 Å². The maximum atomic E-state index is 12.9. The zero-order valence-electron chi connectivity index (χ0n) is 17.1. The van der Waals surface area contributed by atoms with E-state index in [1.807, 2.05) is 29.2 Å². The maximum Gasteiger partial charge on any atom is 0.282 e. The monoisotopic (exact) mass is 478 g/mol. The van der Waals surface area contributed by atoms with Crippen molar-refractivity contribution in [1.82, 2.24) is 14.1 Å². The van der Waals surface area contributed by atoms with Crippen LogP contribution >= 0.6 is 23.1 Å². The number of anilines is 1. The highest BCUT2D eigenvalue weighted by molar-refractivity contribution is 7.99. The van der Waals surface area contributed by atoms with Crippen molar-refractivity contribution in [2.75, 3.05) is 38.2 Å². The number of sulfonamides is 1. The Morgan fingerprint density at radius 2 is 1.81 bits per heavy atom. The largest absolute Gasteiger partial charge is 0.497 e. The summed E-state index contributed by atoms with van der Waals surface area (Å²) in [6, 6.07) is 10.9. The minimum atomic E-state index is -3.48. The molecule has 0 saturated carbocycles. The fourth-order valence-electron chi connectivity index (χ4n) is 3.30. The topological polar surface area (TPSA) is 84.7 Å². The van der Waals surface area contributed by atoms with Crippen molar-refractivity contribution in [2.45, 2.75) is 14.0 Å². The normalized spacial score (nSPS) is 15.2. The molecule has 1 aliphatic rings. The molecule has 31 heavy (non-hydrogen) atoms. The Kier molecular flexibility index (Phi) is 6.37. The third-order valence-electron chi connectivity index (χ3n) is 5.02. The van der Waals surface area contributed by atoms with E-state index in [1.165, 1.54) is 32.1 Å². The van der Waals surface area contributed by atoms with E-state index in [2.05, 4.69) is 5.10 Å². The fraction of sp³-hybridized carbons (Fsp3) is 0.300. The first-order valence-corrected chi connectivity index (χ1v) is 12.7. The summed E-state index contributed by atoms with van der Waals surface area (Å²) in [5.74, 6) is 0.746. The second-order valence-electron chi connectivity index (χ2n) is 6.89. The first-order chi connectivity index (χ1) is 14.9. The SMILES string of the molecule is COc1ccc(Sc2c(N3CCN(S(=O)(=O)c4cccs4)CC3)cnn(C)c2=O)cc1. The van der Waals surface area contributed by atoms with Crippen LogP contribution in [-0.4, -0.2) is 55.8 Å². The maximum absolute atomic E-state index is 12.9. The molecule has 3 aromatic rings. The van der Waals surface area contributed by atoms with Crippen molar-refractivity contribution in [1.29, 1.82) is 0 Å². The number of aromatic nitrogens is 2.